The van der Waals surface area contributed by atoms with Gasteiger partial charge in [-0.2, -0.15) is 0 Å². The Kier molecular flexibility index (Phi) is 7.13. The van der Waals surface area contributed by atoms with Crippen LogP contribution >= 0.6 is 11.3 Å². The van der Waals surface area contributed by atoms with Crippen LogP contribution in [-0.2, 0) is 9.53 Å². The van der Waals surface area contributed by atoms with E-state index in [9.17, 15) is 14.4 Å². The predicted octanol–water partition coefficient (Wildman–Crippen LogP) is 3.90. The van der Waals surface area contributed by atoms with Gasteiger partial charge >= 0.3 is 12.1 Å². The molecule has 1 aliphatic carbocycles. The van der Waals surface area contributed by atoms with E-state index in [0.717, 1.165) is 27.2 Å². The van der Waals surface area contributed by atoms with Gasteiger partial charge in [0.15, 0.2) is 0 Å². The molecule has 0 fully saturated rings. The number of thiazole rings is 1. The molecule has 9 heteroatoms. The highest BCUT2D eigenvalue weighted by molar-refractivity contribution is 7.09. The molecular formula is C26H23N3O5S. The number of terminal acetylenes is 1. The third kappa shape index (κ3) is 5.18. The van der Waals surface area contributed by atoms with Crippen LogP contribution in [0.1, 0.15) is 45.5 Å². The van der Waals surface area contributed by atoms with Crippen molar-refractivity contribution in [1.29, 1.82) is 0 Å². The van der Waals surface area contributed by atoms with Crippen molar-refractivity contribution in [3.63, 3.8) is 0 Å². The second kappa shape index (κ2) is 10.4. The second-order valence-corrected chi connectivity index (χ2v) is 8.91. The van der Waals surface area contributed by atoms with Crippen LogP contribution in [0.15, 0.2) is 53.9 Å². The average molecular weight is 490 g/mol. The minimum absolute atomic E-state index is 0.0519. The van der Waals surface area contributed by atoms with E-state index >= 15 is 0 Å². The highest BCUT2D eigenvalue weighted by atomic mass is 32.1. The number of ether oxygens (including phenoxy) is 1. The summed E-state index contributed by atoms with van der Waals surface area (Å²) in [5, 5.41) is 13.7. The van der Waals surface area contributed by atoms with E-state index in [0.29, 0.717) is 5.01 Å². The zero-order chi connectivity index (χ0) is 24.9. The van der Waals surface area contributed by atoms with E-state index in [1.807, 2.05) is 36.4 Å². The van der Waals surface area contributed by atoms with Gasteiger partial charge in [-0.1, -0.05) is 54.5 Å². The van der Waals surface area contributed by atoms with E-state index in [1.165, 1.54) is 16.7 Å². The van der Waals surface area contributed by atoms with E-state index in [4.69, 9.17) is 16.3 Å². The molecule has 1 atom stereocenters. The van der Waals surface area contributed by atoms with Crippen molar-refractivity contribution in [2.75, 3.05) is 19.7 Å². The molecule has 4 rings (SSSR count). The Morgan fingerprint density at radius 1 is 1.17 bits per heavy atom. The summed E-state index contributed by atoms with van der Waals surface area (Å²) >= 11 is 1.18. The lowest BCUT2D eigenvalue weighted by Gasteiger charge is -2.17. The number of alkyl carbamates (subject to hydrolysis) is 1. The van der Waals surface area contributed by atoms with Crippen LogP contribution in [0, 0.1) is 12.3 Å². The summed E-state index contributed by atoms with van der Waals surface area (Å²) in [4.78, 5) is 41.4. The summed E-state index contributed by atoms with van der Waals surface area (Å²) in [6.07, 6.45) is 4.64. The van der Waals surface area contributed by atoms with Gasteiger partial charge in [0, 0.05) is 11.3 Å². The van der Waals surface area contributed by atoms with Gasteiger partial charge in [0.05, 0.1) is 12.6 Å². The zero-order valence-electron chi connectivity index (χ0n) is 18.9. The first-order chi connectivity index (χ1) is 16.9. The number of aliphatic carboxylic acids is 1. The summed E-state index contributed by atoms with van der Waals surface area (Å²) in [5.74, 6) is 0.467. The van der Waals surface area contributed by atoms with Crippen molar-refractivity contribution in [3.05, 3.63) is 75.7 Å². The van der Waals surface area contributed by atoms with E-state index in [1.54, 1.807) is 6.92 Å². The van der Waals surface area contributed by atoms with E-state index in [-0.39, 0.29) is 24.8 Å². The number of carbonyl (C=O) groups is 3. The molecule has 0 radical (unpaired) electrons. The largest absolute Gasteiger partial charge is 0.480 e. The smallest absolute Gasteiger partial charge is 0.407 e. The van der Waals surface area contributed by atoms with Crippen molar-refractivity contribution < 1.29 is 24.2 Å². The second-order valence-electron chi connectivity index (χ2n) is 8.02. The topological polar surface area (TPSA) is 109 Å². The summed E-state index contributed by atoms with van der Waals surface area (Å²) in [7, 11) is 0. The molecule has 0 bridgehead atoms. The summed E-state index contributed by atoms with van der Waals surface area (Å²) < 4.78 is 5.56. The Balaban J connectivity index is 1.38. The van der Waals surface area contributed by atoms with Gasteiger partial charge in [-0.15, -0.1) is 17.8 Å². The third-order valence-electron chi connectivity index (χ3n) is 5.69. The lowest BCUT2D eigenvalue weighted by atomic mass is 9.98. The number of nitrogens with zero attached hydrogens (tertiary/aromatic N) is 2. The molecule has 1 heterocycles. The summed E-state index contributed by atoms with van der Waals surface area (Å²) in [5.41, 5.74) is 4.60. The zero-order valence-corrected chi connectivity index (χ0v) is 19.7. The highest BCUT2D eigenvalue weighted by Crippen LogP contribution is 2.44. The molecule has 3 aromatic rings. The van der Waals surface area contributed by atoms with Crippen LogP contribution < -0.4 is 5.32 Å². The fraction of sp³-hybridized carbons (Fsp3) is 0.231. The average Bonchev–Trinajstić information content (AvgIpc) is 3.46. The normalized spacial score (nSPS) is 12.7. The number of hydrogen-bond acceptors (Lipinski definition) is 6. The highest BCUT2D eigenvalue weighted by Gasteiger charge is 2.29. The third-order valence-corrected chi connectivity index (χ3v) is 6.71. The van der Waals surface area contributed by atoms with Crippen LogP contribution in [0.5, 0.6) is 0 Å². The number of hydrogen-bond donors (Lipinski definition) is 2. The Labute approximate surface area is 206 Å². The Bertz CT molecular complexity index is 1270. The number of carboxylic acids is 1. The SMILES string of the molecule is C#CCN(CC(=O)O)C(=O)c1csc(C(C)NC(=O)OCC2c3ccccc3-c3ccccc32)n1. The molecule has 1 aromatic heterocycles. The predicted molar refractivity (Wildman–Crippen MR) is 131 cm³/mol. The monoisotopic (exact) mass is 489 g/mol. The van der Waals surface area contributed by atoms with Crippen LogP contribution in [0.3, 0.4) is 0 Å². The maximum Gasteiger partial charge on any atom is 0.407 e. The molecule has 8 nitrogen and oxygen atoms in total. The maximum atomic E-state index is 12.6. The van der Waals surface area contributed by atoms with E-state index < -0.39 is 30.6 Å². The molecule has 0 spiro atoms. The Morgan fingerprint density at radius 3 is 2.40 bits per heavy atom. The Hall–Kier alpha value is -4.16. The fourth-order valence-electron chi connectivity index (χ4n) is 4.10. The number of carbonyl (C=O) groups excluding carboxylic acids is 2. The van der Waals surface area contributed by atoms with Gasteiger partial charge in [0.2, 0.25) is 0 Å². The number of carboxylic acid groups (broad SMARTS) is 1. The van der Waals surface area contributed by atoms with Crippen molar-refractivity contribution in [2.24, 2.45) is 0 Å². The molecule has 2 amide bonds. The first-order valence-corrected chi connectivity index (χ1v) is 11.8. The molecule has 35 heavy (non-hydrogen) atoms. The molecule has 0 aliphatic heterocycles. The standard InChI is InChI=1S/C26H23N3O5S/c1-3-12-29(13-23(30)31)25(32)22-15-35-24(28-22)16(2)27-26(33)34-14-21-19-10-6-4-8-17(19)18-9-5-7-11-20(18)21/h1,4-11,15-16,21H,12-14H2,2H3,(H,27,33)(H,30,31). The van der Waals surface area contributed by atoms with Crippen molar-refractivity contribution in [2.45, 2.75) is 18.9 Å². The molecule has 0 saturated carbocycles. The van der Waals surface area contributed by atoms with Crippen molar-refractivity contribution in [3.8, 4) is 23.5 Å². The molecule has 1 aliphatic rings. The van der Waals surface area contributed by atoms with Gasteiger partial charge in [-0.25, -0.2) is 9.78 Å². The number of amides is 2. The number of benzene rings is 2. The number of nitrogens with one attached hydrogen (secondary N) is 1. The first kappa shape index (κ1) is 24.0. The van der Waals surface area contributed by atoms with Crippen molar-refractivity contribution >= 4 is 29.3 Å². The Morgan fingerprint density at radius 2 is 1.80 bits per heavy atom. The fourth-order valence-corrected chi connectivity index (χ4v) is 4.90. The maximum absolute atomic E-state index is 12.6. The lowest BCUT2D eigenvalue weighted by molar-refractivity contribution is -0.137. The van der Waals surface area contributed by atoms with Gasteiger partial charge in [0.1, 0.15) is 23.9 Å². The molecule has 178 valence electrons. The van der Waals surface area contributed by atoms with Gasteiger partial charge < -0.3 is 20.1 Å². The molecule has 2 N–H and O–H groups in total. The van der Waals surface area contributed by atoms with Crippen LogP contribution in [0.4, 0.5) is 4.79 Å². The number of fused-ring (bicyclic) bond motifs is 3. The van der Waals surface area contributed by atoms with Crippen LogP contribution in [0.25, 0.3) is 11.1 Å². The van der Waals surface area contributed by atoms with Gasteiger partial charge in [-0.3, -0.25) is 9.59 Å². The quantitative estimate of drug-likeness (QED) is 0.465. The van der Waals surface area contributed by atoms with Gasteiger partial charge in [0.25, 0.3) is 5.91 Å². The minimum atomic E-state index is -1.17. The molecular weight excluding hydrogens is 466 g/mol. The molecule has 1 unspecified atom stereocenters. The van der Waals surface area contributed by atoms with Crippen molar-refractivity contribution in [1.82, 2.24) is 15.2 Å². The summed E-state index contributed by atoms with van der Waals surface area (Å²) in [6.45, 7) is 1.24. The van der Waals surface area contributed by atoms with Gasteiger partial charge in [-0.05, 0) is 29.2 Å². The summed E-state index contributed by atoms with van der Waals surface area (Å²) in [6, 6.07) is 15.7. The first-order valence-electron chi connectivity index (χ1n) is 10.9. The van der Waals surface area contributed by atoms with E-state index in [2.05, 4.69) is 28.4 Å². The number of rotatable bonds is 8. The van der Waals surface area contributed by atoms with Crippen LogP contribution in [-0.4, -0.2) is 52.7 Å². The number of aromatic nitrogens is 1. The van der Waals surface area contributed by atoms with Crippen LogP contribution in [0.2, 0.25) is 0 Å². The lowest BCUT2D eigenvalue weighted by Crippen LogP contribution is -2.36. The molecule has 2 aromatic carbocycles. The minimum Gasteiger partial charge on any atom is -0.480 e. The molecule has 0 saturated heterocycles.